The molecule has 1 aromatic carbocycles. The monoisotopic (exact) mass is 353 g/mol. The van der Waals surface area contributed by atoms with E-state index in [0.29, 0.717) is 25.4 Å². The lowest BCUT2D eigenvalue weighted by Gasteiger charge is -2.18. The molecule has 2 N–H and O–H groups in total. The van der Waals surface area contributed by atoms with Crippen LogP contribution in [0.4, 0.5) is 0 Å². The van der Waals surface area contributed by atoms with Gasteiger partial charge in [-0.1, -0.05) is 13.8 Å². The molecule has 1 amide bonds. The molecule has 24 heavy (non-hydrogen) atoms. The number of carbonyl (C=O) groups excluding carboxylic acids is 1. The van der Waals surface area contributed by atoms with Crippen LogP contribution in [-0.4, -0.2) is 42.0 Å². The van der Waals surface area contributed by atoms with Gasteiger partial charge in [-0.2, -0.15) is 0 Å². The summed E-state index contributed by atoms with van der Waals surface area (Å²) in [6, 6.07) is 4.86. The number of carboxylic acids is 1. The summed E-state index contributed by atoms with van der Waals surface area (Å²) in [5, 5.41) is 11.7. The first-order valence-corrected chi connectivity index (χ1v) is 8.99. The van der Waals surface area contributed by atoms with Gasteiger partial charge in [-0.05, 0) is 30.5 Å². The van der Waals surface area contributed by atoms with Crippen molar-refractivity contribution in [2.45, 2.75) is 37.6 Å². The fourth-order valence-corrected chi connectivity index (χ4v) is 3.21. The number of benzene rings is 1. The maximum atomic E-state index is 11.9. The lowest BCUT2D eigenvalue weighted by atomic mass is 10.0. The third kappa shape index (κ3) is 5.63. The minimum atomic E-state index is -0.989. The summed E-state index contributed by atoms with van der Waals surface area (Å²) in [7, 11) is 0. The van der Waals surface area contributed by atoms with Crippen molar-refractivity contribution in [3.63, 3.8) is 0 Å². The summed E-state index contributed by atoms with van der Waals surface area (Å²) < 4.78 is 11.0. The number of carbonyl (C=O) groups is 2. The fraction of sp³-hybridized carbons (Fsp3) is 0.529. The van der Waals surface area contributed by atoms with Crippen LogP contribution in [0.1, 0.15) is 26.7 Å². The van der Waals surface area contributed by atoms with E-state index in [4.69, 9.17) is 14.6 Å². The summed E-state index contributed by atoms with van der Waals surface area (Å²) in [6.45, 7) is 4.95. The number of hydrogen-bond donors (Lipinski definition) is 2. The molecule has 7 heteroatoms. The lowest BCUT2D eigenvalue weighted by molar-refractivity contribution is -0.142. The first kappa shape index (κ1) is 18.4. The molecule has 1 aliphatic heterocycles. The van der Waals surface area contributed by atoms with Gasteiger partial charge in [0, 0.05) is 17.1 Å². The summed E-state index contributed by atoms with van der Waals surface area (Å²) in [4.78, 5) is 24.1. The van der Waals surface area contributed by atoms with Crippen LogP contribution >= 0.6 is 11.8 Å². The number of fused-ring (bicyclic) bond motifs is 1. The van der Waals surface area contributed by atoms with Gasteiger partial charge in [-0.25, -0.2) is 4.79 Å². The molecule has 0 fully saturated rings. The number of hydrogen-bond acceptors (Lipinski definition) is 5. The van der Waals surface area contributed by atoms with Crippen molar-refractivity contribution in [3.8, 4) is 11.5 Å². The number of aliphatic carboxylic acids is 1. The van der Waals surface area contributed by atoms with Crippen molar-refractivity contribution in [3.05, 3.63) is 18.2 Å². The Labute approximate surface area is 145 Å². The fourth-order valence-electron chi connectivity index (χ4n) is 2.33. The van der Waals surface area contributed by atoms with Crippen LogP contribution in [-0.2, 0) is 9.59 Å². The van der Waals surface area contributed by atoms with Crippen LogP contribution in [0.25, 0.3) is 0 Å². The van der Waals surface area contributed by atoms with Crippen LogP contribution in [0.15, 0.2) is 23.1 Å². The van der Waals surface area contributed by atoms with Gasteiger partial charge in [0.1, 0.15) is 19.3 Å². The van der Waals surface area contributed by atoms with Crippen molar-refractivity contribution >= 4 is 23.6 Å². The maximum Gasteiger partial charge on any atom is 0.326 e. The zero-order valence-corrected chi connectivity index (χ0v) is 14.7. The second-order valence-electron chi connectivity index (χ2n) is 5.99. The molecule has 6 nitrogen and oxygen atoms in total. The molecule has 1 aromatic rings. The van der Waals surface area contributed by atoms with Crippen molar-refractivity contribution in [2.75, 3.05) is 19.0 Å². The summed E-state index contributed by atoms with van der Waals surface area (Å²) in [5.41, 5.74) is 0. The van der Waals surface area contributed by atoms with Crippen LogP contribution in [0.3, 0.4) is 0 Å². The molecule has 132 valence electrons. The average molecular weight is 353 g/mol. The van der Waals surface area contributed by atoms with E-state index in [0.717, 1.165) is 16.4 Å². The van der Waals surface area contributed by atoms with Crippen molar-refractivity contribution in [1.82, 2.24) is 5.32 Å². The molecule has 1 unspecified atom stereocenters. The number of carboxylic acid groups (broad SMARTS) is 1. The molecule has 0 spiro atoms. The number of amides is 1. The van der Waals surface area contributed by atoms with Crippen molar-refractivity contribution in [2.24, 2.45) is 5.92 Å². The molecule has 2 rings (SSSR count). The minimum Gasteiger partial charge on any atom is -0.486 e. The van der Waals surface area contributed by atoms with Crippen molar-refractivity contribution in [1.29, 1.82) is 0 Å². The second kappa shape index (κ2) is 8.82. The number of nitrogens with one attached hydrogen (secondary N) is 1. The maximum absolute atomic E-state index is 11.9. The van der Waals surface area contributed by atoms with Gasteiger partial charge in [0.15, 0.2) is 11.5 Å². The molecule has 0 saturated carbocycles. The van der Waals surface area contributed by atoms with E-state index in [1.54, 1.807) is 0 Å². The number of rotatable bonds is 8. The normalized spacial score (nSPS) is 14.3. The van der Waals surface area contributed by atoms with E-state index in [-0.39, 0.29) is 18.2 Å². The Balaban J connectivity index is 1.78. The Hall–Kier alpha value is -1.89. The van der Waals surface area contributed by atoms with Crippen LogP contribution in [0.5, 0.6) is 11.5 Å². The predicted molar refractivity (Wildman–Crippen MR) is 91.8 cm³/mol. The van der Waals surface area contributed by atoms with E-state index in [9.17, 15) is 9.59 Å². The second-order valence-corrected chi connectivity index (χ2v) is 7.16. The van der Waals surface area contributed by atoms with Gasteiger partial charge in [0.2, 0.25) is 5.91 Å². The average Bonchev–Trinajstić information content (AvgIpc) is 2.53. The Bertz CT molecular complexity index is 590. The highest BCUT2D eigenvalue weighted by molar-refractivity contribution is 7.99. The molecule has 1 atom stereocenters. The van der Waals surface area contributed by atoms with Crippen LogP contribution in [0, 0.1) is 5.92 Å². The molecule has 0 saturated heterocycles. The molecule has 0 aliphatic carbocycles. The molecule has 0 bridgehead atoms. The zero-order valence-electron chi connectivity index (χ0n) is 13.9. The third-order valence-corrected chi connectivity index (χ3v) is 4.45. The summed E-state index contributed by atoms with van der Waals surface area (Å²) in [5.74, 6) is 1.00. The van der Waals surface area contributed by atoms with E-state index < -0.39 is 12.0 Å². The van der Waals surface area contributed by atoms with Gasteiger partial charge in [-0.3, -0.25) is 4.79 Å². The highest BCUT2D eigenvalue weighted by Gasteiger charge is 2.20. The molecule has 1 aliphatic rings. The molecule has 0 radical (unpaired) electrons. The largest absolute Gasteiger partial charge is 0.486 e. The zero-order chi connectivity index (χ0) is 17.5. The Morgan fingerprint density at radius 1 is 1.25 bits per heavy atom. The summed E-state index contributed by atoms with van der Waals surface area (Å²) >= 11 is 1.53. The van der Waals surface area contributed by atoms with E-state index in [1.807, 2.05) is 32.0 Å². The van der Waals surface area contributed by atoms with E-state index in [1.165, 1.54) is 11.8 Å². The van der Waals surface area contributed by atoms with Gasteiger partial charge >= 0.3 is 5.97 Å². The Morgan fingerprint density at radius 3 is 2.62 bits per heavy atom. The van der Waals surface area contributed by atoms with E-state index in [2.05, 4.69) is 5.32 Å². The standard InChI is InChI=1S/C17H23NO5S/c1-11(2)9-13(17(20)21)18-16(19)5-8-24-12-3-4-14-15(10-12)23-7-6-22-14/h3-4,10-11,13H,5-9H2,1-2H3,(H,18,19)(H,20,21). The SMILES string of the molecule is CC(C)CC(NC(=O)CCSc1ccc2c(c1)OCCO2)C(=O)O. The van der Waals surface area contributed by atoms with Crippen LogP contribution in [0.2, 0.25) is 0 Å². The molecular formula is C17H23NO5S. The number of thioether (sulfide) groups is 1. The highest BCUT2D eigenvalue weighted by atomic mass is 32.2. The van der Waals surface area contributed by atoms with Crippen LogP contribution < -0.4 is 14.8 Å². The van der Waals surface area contributed by atoms with Gasteiger partial charge in [0.25, 0.3) is 0 Å². The minimum absolute atomic E-state index is 0.207. The van der Waals surface area contributed by atoms with Gasteiger partial charge in [0.05, 0.1) is 0 Å². The number of ether oxygens (including phenoxy) is 2. The lowest BCUT2D eigenvalue weighted by Crippen LogP contribution is -2.41. The summed E-state index contributed by atoms with van der Waals surface area (Å²) in [6.07, 6.45) is 0.692. The molecular weight excluding hydrogens is 330 g/mol. The highest BCUT2D eigenvalue weighted by Crippen LogP contribution is 2.34. The topological polar surface area (TPSA) is 84.9 Å². The quantitative estimate of drug-likeness (QED) is 0.699. The first-order valence-electron chi connectivity index (χ1n) is 8.00. The van der Waals surface area contributed by atoms with Gasteiger partial charge < -0.3 is 19.9 Å². The van der Waals surface area contributed by atoms with E-state index >= 15 is 0 Å². The van der Waals surface area contributed by atoms with Gasteiger partial charge in [-0.15, -0.1) is 11.8 Å². The molecule has 1 heterocycles. The molecule has 0 aromatic heterocycles. The Kier molecular flexibility index (Phi) is 6.78. The first-order chi connectivity index (χ1) is 11.5. The third-order valence-electron chi connectivity index (χ3n) is 3.45. The van der Waals surface area contributed by atoms with Crippen molar-refractivity contribution < 1.29 is 24.2 Å². The predicted octanol–water partition coefficient (Wildman–Crippen LogP) is 2.56. The smallest absolute Gasteiger partial charge is 0.326 e. The Morgan fingerprint density at radius 2 is 1.96 bits per heavy atom.